The van der Waals surface area contributed by atoms with Crippen LogP contribution in [0.25, 0.3) is 5.57 Å². The van der Waals surface area contributed by atoms with Crippen LogP contribution in [0.4, 0.5) is 0 Å². The zero-order valence-corrected chi connectivity index (χ0v) is 24.9. The second-order valence-electron chi connectivity index (χ2n) is 14.1. The summed E-state index contributed by atoms with van der Waals surface area (Å²) >= 11 is 0. The second-order valence-corrected chi connectivity index (χ2v) is 14.1. The molecule has 0 heteroatoms. The van der Waals surface area contributed by atoms with E-state index in [4.69, 9.17) is 13.2 Å². The Kier molecular flexibility index (Phi) is 6.45. The van der Waals surface area contributed by atoms with Gasteiger partial charge in [-0.25, -0.2) is 0 Å². The van der Waals surface area contributed by atoms with E-state index in [-0.39, 0.29) is 16.2 Å². The molecule has 0 bridgehead atoms. The fourth-order valence-corrected chi connectivity index (χ4v) is 9.67. The maximum atomic E-state index is 4.86. The molecule has 0 heterocycles. The van der Waals surface area contributed by atoms with Gasteiger partial charge in [-0.1, -0.05) is 101 Å². The van der Waals surface area contributed by atoms with E-state index in [1.807, 2.05) is 0 Å². The van der Waals surface area contributed by atoms with Crippen LogP contribution >= 0.6 is 0 Å². The minimum atomic E-state index is -0.0808. The van der Waals surface area contributed by atoms with E-state index in [1.54, 1.807) is 11.1 Å². The summed E-state index contributed by atoms with van der Waals surface area (Å²) in [7, 11) is 0. The van der Waals surface area contributed by atoms with Crippen LogP contribution in [0.1, 0.15) is 115 Å². The molecule has 1 saturated carbocycles. The summed E-state index contributed by atoms with van der Waals surface area (Å²) in [6.07, 6.45) is 13.2. The van der Waals surface area contributed by atoms with Crippen molar-refractivity contribution in [1.29, 1.82) is 0 Å². The SMILES string of the molecule is C=C(C)C1=C(C)C[C@@]2(C)C[C@@]3(C)Cc4c(CCC5CCCCC5)ccc(C)c4C(=C)C3=C(C)[C@@]2(C)C1=C. The Labute approximate surface area is 227 Å². The van der Waals surface area contributed by atoms with Crippen molar-refractivity contribution in [3.8, 4) is 0 Å². The number of aryl methyl sites for hydroxylation is 2. The maximum Gasteiger partial charge on any atom is 0.0194 e. The van der Waals surface area contributed by atoms with Crippen molar-refractivity contribution in [2.75, 3.05) is 0 Å². The van der Waals surface area contributed by atoms with Crippen LogP contribution in [0.15, 0.2) is 65.3 Å². The molecule has 4 aliphatic rings. The van der Waals surface area contributed by atoms with Crippen LogP contribution < -0.4 is 0 Å². The first-order chi connectivity index (χ1) is 17.3. The van der Waals surface area contributed by atoms with Gasteiger partial charge in [0.25, 0.3) is 0 Å². The minimum Gasteiger partial charge on any atom is -0.0955 e. The van der Waals surface area contributed by atoms with Gasteiger partial charge in [-0.2, -0.15) is 0 Å². The van der Waals surface area contributed by atoms with Crippen molar-refractivity contribution in [3.63, 3.8) is 0 Å². The van der Waals surface area contributed by atoms with Gasteiger partial charge < -0.3 is 0 Å². The van der Waals surface area contributed by atoms with E-state index in [0.29, 0.717) is 0 Å². The van der Waals surface area contributed by atoms with E-state index in [0.717, 1.165) is 24.3 Å². The van der Waals surface area contributed by atoms with Crippen LogP contribution in [-0.2, 0) is 12.8 Å². The summed E-state index contributed by atoms with van der Waals surface area (Å²) in [4.78, 5) is 0. The molecule has 1 aromatic carbocycles. The van der Waals surface area contributed by atoms with E-state index in [1.165, 1.54) is 95.9 Å². The van der Waals surface area contributed by atoms with E-state index in [2.05, 4.69) is 67.2 Å². The molecule has 198 valence electrons. The third kappa shape index (κ3) is 3.84. The third-order valence-corrected chi connectivity index (χ3v) is 11.5. The zero-order chi connectivity index (χ0) is 26.9. The van der Waals surface area contributed by atoms with Crippen LogP contribution in [0.5, 0.6) is 0 Å². The number of benzene rings is 1. The highest BCUT2D eigenvalue weighted by atomic mass is 14.6. The predicted octanol–water partition coefficient (Wildman–Crippen LogP) is 10.7. The van der Waals surface area contributed by atoms with Crippen molar-refractivity contribution in [2.24, 2.45) is 22.2 Å². The summed E-state index contributed by atoms with van der Waals surface area (Å²) in [6.45, 7) is 30.7. The smallest absolute Gasteiger partial charge is 0.0194 e. The summed E-state index contributed by atoms with van der Waals surface area (Å²) in [5.74, 6) is 0.922. The predicted molar refractivity (Wildman–Crippen MR) is 162 cm³/mol. The lowest BCUT2D eigenvalue weighted by Gasteiger charge is -2.62. The molecular formula is C37H50. The van der Waals surface area contributed by atoms with Crippen molar-refractivity contribution >= 4 is 5.57 Å². The standard InChI is InChI=1S/C37H50/c1-23(2)32-25(4)20-36(9)22-35(8)21-31-30(19-17-29-14-12-11-13-15-29)18-16-24(3)33(31)26(5)34(35)28(7)37(36,10)27(32)6/h16,18,29H,1,5-6,11-15,17,19-22H2,2-4,7-10H3/t35-,36+,37-/m1/s1. The Hall–Kier alpha value is -2.08. The lowest BCUT2D eigenvalue weighted by atomic mass is 9.41. The molecule has 4 aliphatic carbocycles. The summed E-state index contributed by atoms with van der Waals surface area (Å²) in [5.41, 5.74) is 15.7. The normalized spacial score (nSPS) is 32.3. The molecule has 0 aliphatic heterocycles. The Morgan fingerprint density at radius 2 is 1.65 bits per heavy atom. The first-order valence-electron chi connectivity index (χ1n) is 14.9. The van der Waals surface area contributed by atoms with Gasteiger partial charge in [-0.3, -0.25) is 0 Å². The summed E-state index contributed by atoms with van der Waals surface area (Å²) in [6, 6.07) is 4.83. The highest BCUT2D eigenvalue weighted by Gasteiger charge is 2.59. The molecule has 3 atom stereocenters. The Bertz CT molecular complexity index is 1250. The molecule has 0 aromatic heterocycles. The molecule has 0 N–H and O–H groups in total. The monoisotopic (exact) mass is 494 g/mol. The number of hydrogen-bond acceptors (Lipinski definition) is 0. The van der Waals surface area contributed by atoms with E-state index < -0.39 is 0 Å². The van der Waals surface area contributed by atoms with Gasteiger partial charge in [0.1, 0.15) is 0 Å². The molecule has 5 rings (SSSR count). The Balaban J connectivity index is 1.61. The number of rotatable bonds is 4. The van der Waals surface area contributed by atoms with Crippen molar-refractivity contribution in [2.45, 2.75) is 113 Å². The molecule has 0 amide bonds. The van der Waals surface area contributed by atoms with E-state index >= 15 is 0 Å². The molecule has 0 spiro atoms. The average Bonchev–Trinajstić information content (AvgIpc) is 2.81. The van der Waals surface area contributed by atoms with Gasteiger partial charge in [-0.05, 0) is 121 Å². The topological polar surface area (TPSA) is 0 Å². The van der Waals surface area contributed by atoms with Gasteiger partial charge in [0.2, 0.25) is 0 Å². The van der Waals surface area contributed by atoms with Crippen LogP contribution in [0, 0.1) is 29.1 Å². The molecular weight excluding hydrogens is 444 g/mol. The van der Waals surface area contributed by atoms with Gasteiger partial charge in [-0.15, -0.1) is 0 Å². The summed E-state index contributed by atoms with van der Waals surface area (Å²) < 4.78 is 0. The largest absolute Gasteiger partial charge is 0.0955 e. The van der Waals surface area contributed by atoms with Crippen LogP contribution in [-0.4, -0.2) is 0 Å². The first kappa shape index (κ1) is 26.5. The minimum absolute atomic E-state index is 0.0808. The van der Waals surface area contributed by atoms with Crippen molar-refractivity contribution in [3.05, 3.63) is 87.6 Å². The molecule has 0 nitrogen and oxygen atoms in total. The number of fused-ring (bicyclic) bond motifs is 3. The number of allylic oxidation sites excluding steroid dienone is 7. The Morgan fingerprint density at radius 3 is 2.30 bits per heavy atom. The fourth-order valence-electron chi connectivity index (χ4n) is 9.67. The van der Waals surface area contributed by atoms with Gasteiger partial charge in [0.05, 0.1) is 0 Å². The van der Waals surface area contributed by atoms with Gasteiger partial charge in [0, 0.05) is 5.41 Å². The van der Waals surface area contributed by atoms with Crippen LogP contribution in [0.3, 0.4) is 0 Å². The molecule has 1 aromatic rings. The fraction of sp³-hybridized carbons (Fsp3) is 0.568. The first-order valence-corrected chi connectivity index (χ1v) is 14.9. The summed E-state index contributed by atoms with van der Waals surface area (Å²) in [5, 5.41) is 0. The third-order valence-electron chi connectivity index (χ3n) is 11.5. The highest BCUT2D eigenvalue weighted by molar-refractivity contribution is 5.87. The average molecular weight is 495 g/mol. The lowest BCUT2D eigenvalue weighted by Crippen LogP contribution is -2.52. The van der Waals surface area contributed by atoms with Crippen LogP contribution in [0.2, 0.25) is 0 Å². The molecule has 1 fully saturated rings. The lowest BCUT2D eigenvalue weighted by molar-refractivity contribution is 0.0543. The van der Waals surface area contributed by atoms with Crippen molar-refractivity contribution < 1.29 is 0 Å². The van der Waals surface area contributed by atoms with Crippen molar-refractivity contribution in [1.82, 2.24) is 0 Å². The second kappa shape index (κ2) is 9.00. The quantitative estimate of drug-likeness (QED) is 0.390. The zero-order valence-electron chi connectivity index (χ0n) is 24.9. The van der Waals surface area contributed by atoms with Gasteiger partial charge >= 0.3 is 0 Å². The molecule has 37 heavy (non-hydrogen) atoms. The molecule has 0 unspecified atom stereocenters. The maximum absolute atomic E-state index is 4.86. The Morgan fingerprint density at radius 1 is 0.973 bits per heavy atom. The van der Waals surface area contributed by atoms with E-state index in [9.17, 15) is 0 Å². The highest BCUT2D eigenvalue weighted by Crippen LogP contribution is 2.70. The molecule has 0 radical (unpaired) electrons. The number of hydrogen-bond donors (Lipinski definition) is 0. The van der Waals surface area contributed by atoms with Gasteiger partial charge in [0.15, 0.2) is 0 Å². The molecule has 0 saturated heterocycles.